The SMILES string of the molecule is CCCCCc1ccc([C@]2(C(F)(F)F)CO[C@@H](C3CCC(CCC)CC3)OC2)cc1. The molecule has 170 valence electrons. The zero-order chi connectivity index (χ0) is 21.6. The maximum Gasteiger partial charge on any atom is 0.402 e. The second-order valence-electron chi connectivity index (χ2n) is 9.29. The highest BCUT2D eigenvalue weighted by Gasteiger charge is 2.59. The van der Waals surface area contributed by atoms with Crippen LogP contribution < -0.4 is 0 Å². The molecule has 30 heavy (non-hydrogen) atoms. The van der Waals surface area contributed by atoms with Crippen molar-refractivity contribution in [1.82, 2.24) is 0 Å². The van der Waals surface area contributed by atoms with Gasteiger partial charge in [-0.05, 0) is 55.6 Å². The van der Waals surface area contributed by atoms with Crippen LogP contribution in [0.15, 0.2) is 24.3 Å². The molecule has 0 aromatic heterocycles. The Kier molecular flexibility index (Phi) is 8.25. The largest absolute Gasteiger partial charge is 0.402 e. The molecule has 0 radical (unpaired) electrons. The number of ether oxygens (including phenoxy) is 2. The van der Waals surface area contributed by atoms with Crippen LogP contribution >= 0.6 is 0 Å². The first-order valence-electron chi connectivity index (χ1n) is 11.8. The highest BCUT2D eigenvalue weighted by Crippen LogP contribution is 2.46. The van der Waals surface area contributed by atoms with Gasteiger partial charge in [-0.15, -0.1) is 0 Å². The molecule has 0 unspecified atom stereocenters. The summed E-state index contributed by atoms with van der Waals surface area (Å²) >= 11 is 0. The average molecular weight is 427 g/mol. The lowest BCUT2D eigenvalue weighted by atomic mass is 9.78. The van der Waals surface area contributed by atoms with Gasteiger partial charge in [-0.1, -0.05) is 63.8 Å². The van der Waals surface area contributed by atoms with Crippen LogP contribution in [0.4, 0.5) is 13.2 Å². The quantitative estimate of drug-likeness (QED) is 0.409. The second kappa shape index (κ2) is 10.5. The molecule has 3 rings (SSSR count). The number of alkyl halides is 3. The third kappa shape index (κ3) is 5.40. The van der Waals surface area contributed by atoms with Crippen LogP contribution in [0.2, 0.25) is 0 Å². The molecule has 0 spiro atoms. The first-order valence-corrected chi connectivity index (χ1v) is 11.8. The zero-order valence-corrected chi connectivity index (χ0v) is 18.5. The number of hydrogen-bond acceptors (Lipinski definition) is 2. The van der Waals surface area contributed by atoms with Crippen molar-refractivity contribution in [3.8, 4) is 0 Å². The zero-order valence-electron chi connectivity index (χ0n) is 18.5. The van der Waals surface area contributed by atoms with Gasteiger partial charge in [0.05, 0.1) is 13.2 Å². The number of rotatable bonds is 8. The summed E-state index contributed by atoms with van der Waals surface area (Å²) in [5, 5.41) is 0. The average Bonchev–Trinajstić information content (AvgIpc) is 2.75. The van der Waals surface area contributed by atoms with Gasteiger partial charge >= 0.3 is 6.18 Å². The molecular weight excluding hydrogens is 389 g/mol. The van der Waals surface area contributed by atoms with Gasteiger partial charge in [0, 0.05) is 5.92 Å². The molecular formula is C25H37F3O2. The number of unbranched alkanes of at least 4 members (excludes halogenated alkanes) is 2. The molecule has 1 aliphatic heterocycles. The Balaban J connectivity index is 1.64. The molecule has 2 nitrogen and oxygen atoms in total. The van der Waals surface area contributed by atoms with E-state index >= 15 is 0 Å². The van der Waals surface area contributed by atoms with Gasteiger partial charge in [-0.25, -0.2) is 0 Å². The fourth-order valence-electron chi connectivity index (χ4n) is 5.03. The van der Waals surface area contributed by atoms with Gasteiger partial charge in [0.15, 0.2) is 6.29 Å². The molecule has 0 atom stereocenters. The molecule has 0 N–H and O–H groups in total. The van der Waals surface area contributed by atoms with Crippen molar-refractivity contribution in [3.63, 3.8) is 0 Å². The van der Waals surface area contributed by atoms with E-state index in [9.17, 15) is 13.2 Å². The molecule has 1 aromatic carbocycles. The number of aryl methyl sites for hydroxylation is 1. The van der Waals surface area contributed by atoms with Crippen molar-refractivity contribution in [2.24, 2.45) is 11.8 Å². The fraction of sp³-hybridized carbons (Fsp3) is 0.760. The lowest BCUT2D eigenvalue weighted by Crippen LogP contribution is -2.55. The smallest absolute Gasteiger partial charge is 0.351 e. The van der Waals surface area contributed by atoms with Crippen LogP contribution in [0.5, 0.6) is 0 Å². The highest BCUT2D eigenvalue weighted by atomic mass is 19.4. The first-order chi connectivity index (χ1) is 14.4. The molecule has 1 aliphatic carbocycles. The molecule has 0 bridgehead atoms. The first kappa shape index (κ1) is 23.6. The van der Waals surface area contributed by atoms with Gasteiger partial charge in [-0.2, -0.15) is 13.2 Å². The van der Waals surface area contributed by atoms with E-state index < -0.39 is 17.9 Å². The molecule has 2 aliphatic rings. The monoisotopic (exact) mass is 426 g/mol. The summed E-state index contributed by atoms with van der Waals surface area (Å²) in [6, 6.07) is 6.91. The summed E-state index contributed by atoms with van der Waals surface area (Å²) in [5.74, 6) is 0.963. The van der Waals surface area contributed by atoms with Gasteiger partial charge < -0.3 is 9.47 Å². The maximum atomic E-state index is 14.2. The van der Waals surface area contributed by atoms with Crippen LogP contribution in [0.3, 0.4) is 0 Å². The summed E-state index contributed by atoms with van der Waals surface area (Å²) in [7, 11) is 0. The summed E-state index contributed by atoms with van der Waals surface area (Å²) in [4.78, 5) is 0. The van der Waals surface area contributed by atoms with Gasteiger partial charge in [0.1, 0.15) is 5.41 Å². The van der Waals surface area contributed by atoms with E-state index in [4.69, 9.17) is 9.47 Å². The van der Waals surface area contributed by atoms with Crippen LogP contribution in [-0.2, 0) is 21.3 Å². The Morgan fingerprint density at radius 2 is 1.53 bits per heavy atom. The van der Waals surface area contributed by atoms with Crippen LogP contribution in [-0.4, -0.2) is 25.7 Å². The molecule has 1 saturated carbocycles. The summed E-state index contributed by atoms with van der Waals surface area (Å²) in [6.45, 7) is 3.63. The van der Waals surface area contributed by atoms with Gasteiger partial charge in [0.2, 0.25) is 0 Å². The van der Waals surface area contributed by atoms with E-state index in [2.05, 4.69) is 13.8 Å². The highest BCUT2D eigenvalue weighted by molar-refractivity contribution is 5.32. The van der Waals surface area contributed by atoms with E-state index in [0.29, 0.717) is 0 Å². The van der Waals surface area contributed by atoms with Crippen molar-refractivity contribution in [2.75, 3.05) is 13.2 Å². The Labute approximate surface area is 179 Å². The van der Waals surface area contributed by atoms with E-state index in [1.54, 1.807) is 12.1 Å². The van der Waals surface area contributed by atoms with Crippen molar-refractivity contribution in [1.29, 1.82) is 0 Å². The van der Waals surface area contributed by atoms with Crippen LogP contribution in [0.1, 0.15) is 82.8 Å². The normalized spacial score (nSPS) is 30.4. The van der Waals surface area contributed by atoms with E-state index in [1.807, 2.05) is 12.1 Å². The standard InChI is InChI=1S/C25H37F3O2/c1-3-5-6-8-20-11-15-22(16-12-20)24(25(26,27)28)17-29-23(30-18-24)21-13-9-19(7-4-2)10-14-21/h11-12,15-16,19,21,23H,3-10,13-14,17-18H2,1-2H3/t19?,21?,23-,24+. The molecule has 5 heteroatoms. The minimum absolute atomic E-state index is 0.213. The van der Waals surface area contributed by atoms with Crippen molar-refractivity contribution in [3.05, 3.63) is 35.4 Å². The second-order valence-corrected chi connectivity index (χ2v) is 9.29. The fourth-order valence-corrected chi connectivity index (χ4v) is 5.03. The Hall–Kier alpha value is -1.07. The minimum Gasteiger partial charge on any atom is -0.351 e. The number of hydrogen-bond donors (Lipinski definition) is 0. The summed E-state index contributed by atoms with van der Waals surface area (Å²) in [5.41, 5.74) is -0.742. The lowest BCUT2D eigenvalue weighted by molar-refractivity contribution is -0.301. The van der Waals surface area contributed by atoms with Crippen molar-refractivity contribution in [2.45, 2.75) is 95.9 Å². The Morgan fingerprint density at radius 1 is 0.900 bits per heavy atom. The van der Waals surface area contributed by atoms with E-state index in [0.717, 1.165) is 62.8 Å². The van der Waals surface area contributed by atoms with Crippen LogP contribution in [0.25, 0.3) is 0 Å². The maximum absolute atomic E-state index is 14.2. The van der Waals surface area contributed by atoms with E-state index in [1.165, 1.54) is 12.8 Å². The van der Waals surface area contributed by atoms with Crippen molar-refractivity contribution >= 4 is 0 Å². The predicted octanol–water partition coefficient (Wildman–Crippen LogP) is 7.20. The lowest BCUT2D eigenvalue weighted by Gasteiger charge is -2.44. The van der Waals surface area contributed by atoms with E-state index in [-0.39, 0.29) is 24.7 Å². The number of halogens is 3. The summed E-state index contributed by atoms with van der Waals surface area (Å²) < 4.78 is 54.1. The third-order valence-corrected chi connectivity index (χ3v) is 7.08. The van der Waals surface area contributed by atoms with Crippen molar-refractivity contribution < 1.29 is 22.6 Å². The van der Waals surface area contributed by atoms with Gasteiger partial charge in [-0.3, -0.25) is 0 Å². The minimum atomic E-state index is -4.42. The summed E-state index contributed by atoms with van der Waals surface area (Å²) in [6.07, 6.45) is 5.98. The third-order valence-electron chi connectivity index (χ3n) is 7.08. The van der Waals surface area contributed by atoms with Gasteiger partial charge in [0.25, 0.3) is 0 Å². The molecule has 1 heterocycles. The van der Waals surface area contributed by atoms with Crippen LogP contribution in [0, 0.1) is 11.8 Å². The molecule has 1 aromatic rings. The molecule has 2 fully saturated rings. The Morgan fingerprint density at radius 3 is 2.07 bits per heavy atom. The molecule has 1 saturated heterocycles. The number of benzene rings is 1. The predicted molar refractivity (Wildman–Crippen MR) is 113 cm³/mol. The molecule has 0 amide bonds. The topological polar surface area (TPSA) is 18.5 Å². The Bertz CT molecular complexity index is 625.